The standard InChI is InChI=1S/C12H12BrN3O2/c13-10-6-8(7-18-10)12(17)16-5-1-2-9(16)11-14-3-4-15-11/h3-4,6-7,9H,1-2,5H2,(H,14,15)/t9-/m0/s1. The molecule has 1 aliphatic heterocycles. The second kappa shape index (κ2) is 4.61. The lowest BCUT2D eigenvalue weighted by atomic mass is 10.2. The molecule has 0 saturated carbocycles. The predicted molar refractivity (Wildman–Crippen MR) is 68.0 cm³/mol. The van der Waals surface area contributed by atoms with Crippen molar-refractivity contribution in [3.05, 3.63) is 40.8 Å². The monoisotopic (exact) mass is 309 g/mol. The Morgan fingerprint density at radius 2 is 2.50 bits per heavy atom. The molecule has 6 heteroatoms. The lowest BCUT2D eigenvalue weighted by Crippen LogP contribution is -2.30. The topological polar surface area (TPSA) is 62.1 Å². The van der Waals surface area contributed by atoms with Gasteiger partial charge >= 0.3 is 0 Å². The third-order valence-electron chi connectivity index (χ3n) is 3.16. The van der Waals surface area contributed by atoms with Crippen molar-refractivity contribution in [2.24, 2.45) is 0 Å². The normalized spacial score (nSPS) is 19.4. The van der Waals surface area contributed by atoms with Crippen LogP contribution >= 0.6 is 15.9 Å². The number of likely N-dealkylation sites (tertiary alicyclic amines) is 1. The van der Waals surface area contributed by atoms with Gasteiger partial charge in [-0.2, -0.15) is 0 Å². The van der Waals surface area contributed by atoms with Crippen LogP contribution < -0.4 is 0 Å². The van der Waals surface area contributed by atoms with Crippen molar-refractivity contribution in [1.82, 2.24) is 14.9 Å². The highest BCUT2D eigenvalue weighted by atomic mass is 79.9. The van der Waals surface area contributed by atoms with Crippen LogP contribution in [0, 0.1) is 0 Å². The summed E-state index contributed by atoms with van der Waals surface area (Å²) in [4.78, 5) is 21.5. The average Bonchev–Trinajstić information content (AvgIpc) is 3.08. The number of imidazole rings is 1. The van der Waals surface area contributed by atoms with E-state index in [9.17, 15) is 4.79 Å². The maximum Gasteiger partial charge on any atom is 0.257 e. The second-order valence-electron chi connectivity index (χ2n) is 4.27. The van der Waals surface area contributed by atoms with Crippen molar-refractivity contribution in [3.8, 4) is 0 Å². The number of aromatic nitrogens is 2. The van der Waals surface area contributed by atoms with Crippen LogP contribution in [0.4, 0.5) is 0 Å². The van der Waals surface area contributed by atoms with E-state index < -0.39 is 0 Å². The third-order valence-corrected chi connectivity index (χ3v) is 3.58. The first kappa shape index (κ1) is 11.5. The number of hydrogen-bond donors (Lipinski definition) is 1. The molecule has 18 heavy (non-hydrogen) atoms. The smallest absolute Gasteiger partial charge is 0.257 e. The van der Waals surface area contributed by atoms with E-state index in [0.717, 1.165) is 25.2 Å². The minimum Gasteiger partial charge on any atom is -0.457 e. The molecule has 1 N–H and O–H groups in total. The number of halogens is 1. The molecular weight excluding hydrogens is 298 g/mol. The Labute approximate surface area is 112 Å². The zero-order valence-electron chi connectivity index (χ0n) is 9.60. The number of hydrogen-bond acceptors (Lipinski definition) is 3. The molecule has 1 aliphatic rings. The Hall–Kier alpha value is -1.56. The predicted octanol–water partition coefficient (Wildman–Crippen LogP) is 2.74. The summed E-state index contributed by atoms with van der Waals surface area (Å²) in [7, 11) is 0. The molecule has 1 atom stereocenters. The fourth-order valence-electron chi connectivity index (χ4n) is 2.34. The molecule has 2 aromatic heterocycles. The van der Waals surface area contributed by atoms with Gasteiger partial charge in [-0.25, -0.2) is 4.98 Å². The zero-order valence-corrected chi connectivity index (χ0v) is 11.2. The van der Waals surface area contributed by atoms with Crippen LogP contribution in [0.5, 0.6) is 0 Å². The molecule has 0 unspecified atom stereocenters. The number of carbonyl (C=O) groups is 1. The van der Waals surface area contributed by atoms with E-state index in [1.54, 1.807) is 18.5 Å². The third kappa shape index (κ3) is 1.96. The molecule has 5 nitrogen and oxygen atoms in total. The first-order chi connectivity index (χ1) is 8.75. The number of carbonyl (C=O) groups excluding carboxylic acids is 1. The van der Waals surface area contributed by atoms with E-state index in [-0.39, 0.29) is 11.9 Å². The van der Waals surface area contributed by atoms with Gasteiger partial charge in [0.05, 0.1) is 11.6 Å². The van der Waals surface area contributed by atoms with Gasteiger partial charge in [0.25, 0.3) is 5.91 Å². The first-order valence-corrected chi connectivity index (χ1v) is 6.59. The maximum absolute atomic E-state index is 12.4. The number of H-pyrrole nitrogens is 1. The van der Waals surface area contributed by atoms with Gasteiger partial charge in [-0.15, -0.1) is 0 Å². The van der Waals surface area contributed by atoms with Gasteiger partial charge in [0.2, 0.25) is 0 Å². The van der Waals surface area contributed by atoms with Crippen molar-refractivity contribution in [2.45, 2.75) is 18.9 Å². The quantitative estimate of drug-likeness (QED) is 0.927. The van der Waals surface area contributed by atoms with E-state index in [1.165, 1.54) is 6.26 Å². The lowest BCUT2D eigenvalue weighted by Gasteiger charge is -2.22. The summed E-state index contributed by atoms with van der Waals surface area (Å²) in [5.74, 6) is 0.840. The number of rotatable bonds is 2. The van der Waals surface area contributed by atoms with Crippen LogP contribution in [-0.2, 0) is 0 Å². The summed E-state index contributed by atoms with van der Waals surface area (Å²) < 4.78 is 5.69. The van der Waals surface area contributed by atoms with Crippen LogP contribution in [-0.4, -0.2) is 27.3 Å². The molecule has 3 rings (SSSR count). The Kier molecular flexibility index (Phi) is 2.95. The molecule has 1 amide bonds. The van der Waals surface area contributed by atoms with Crippen LogP contribution in [0.15, 0.2) is 33.8 Å². The van der Waals surface area contributed by atoms with E-state index in [4.69, 9.17) is 4.42 Å². The molecule has 0 aromatic carbocycles. The molecule has 1 fully saturated rings. The van der Waals surface area contributed by atoms with E-state index in [2.05, 4.69) is 25.9 Å². The number of amides is 1. The van der Waals surface area contributed by atoms with Gasteiger partial charge < -0.3 is 14.3 Å². The van der Waals surface area contributed by atoms with Gasteiger partial charge in [-0.05, 0) is 28.8 Å². The average molecular weight is 310 g/mol. The molecule has 0 radical (unpaired) electrons. The van der Waals surface area contributed by atoms with E-state index in [1.807, 2.05) is 4.90 Å². The summed E-state index contributed by atoms with van der Waals surface area (Å²) in [6.07, 6.45) is 6.91. The summed E-state index contributed by atoms with van der Waals surface area (Å²) in [5, 5.41) is 0. The minimum atomic E-state index is -0.0108. The van der Waals surface area contributed by atoms with Crippen LogP contribution in [0.25, 0.3) is 0 Å². The first-order valence-electron chi connectivity index (χ1n) is 5.80. The van der Waals surface area contributed by atoms with Crippen molar-refractivity contribution >= 4 is 21.8 Å². The van der Waals surface area contributed by atoms with Crippen molar-refractivity contribution in [2.75, 3.05) is 6.54 Å². The Morgan fingerprint density at radius 3 is 3.17 bits per heavy atom. The molecule has 2 aromatic rings. The molecule has 3 heterocycles. The number of furan rings is 1. The van der Waals surface area contributed by atoms with Gasteiger partial charge in [0, 0.05) is 25.0 Å². The van der Waals surface area contributed by atoms with Gasteiger partial charge in [-0.3, -0.25) is 4.79 Å². The lowest BCUT2D eigenvalue weighted by molar-refractivity contribution is 0.0729. The van der Waals surface area contributed by atoms with Crippen LogP contribution in [0.3, 0.4) is 0 Å². The number of nitrogens with one attached hydrogen (secondary N) is 1. The Bertz CT molecular complexity index is 549. The molecular formula is C12H12BrN3O2. The maximum atomic E-state index is 12.4. The fraction of sp³-hybridized carbons (Fsp3) is 0.333. The van der Waals surface area contributed by atoms with Gasteiger partial charge in [0.15, 0.2) is 4.67 Å². The second-order valence-corrected chi connectivity index (χ2v) is 5.05. The highest BCUT2D eigenvalue weighted by Gasteiger charge is 2.32. The molecule has 94 valence electrons. The summed E-state index contributed by atoms with van der Waals surface area (Å²) in [6.45, 7) is 0.757. The zero-order chi connectivity index (χ0) is 12.5. The van der Waals surface area contributed by atoms with Crippen molar-refractivity contribution in [1.29, 1.82) is 0 Å². The SMILES string of the molecule is O=C(c1coc(Br)c1)N1CCC[C@H]1c1ncc[nH]1. The highest BCUT2D eigenvalue weighted by molar-refractivity contribution is 9.10. The summed E-state index contributed by atoms with van der Waals surface area (Å²) >= 11 is 3.21. The Morgan fingerprint density at radius 1 is 1.61 bits per heavy atom. The van der Waals surface area contributed by atoms with Crippen molar-refractivity contribution < 1.29 is 9.21 Å². The van der Waals surface area contributed by atoms with E-state index in [0.29, 0.717) is 10.2 Å². The van der Waals surface area contributed by atoms with E-state index >= 15 is 0 Å². The number of aromatic amines is 1. The van der Waals surface area contributed by atoms with Gasteiger partial charge in [0.1, 0.15) is 12.1 Å². The van der Waals surface area contributed by atoms with Crippen molar-refractivity contribution in [3.63, 3.8) is 0 Å². The number of nitrogens with zero attached hydrogens (tertiary/aromatic N) is 2. The molecule has 0 spiro atoms. The van der Waals surface area contributed by atoms with Crippen LogP contribution in [0.1, 0.15) is 35.1 Å². The van der Waals surface area contributed by atoms with Gasteiger partial charge in [-0.1, -0.05) is 0 Å². The molecule has 1 saturated heterocycles. The summed E-state index contributed by atoms with van der Waals surface area (Å²) in [6, 6.07) is 1.74. The summed E-state index contributed by atoms with van der Waals surface area (Å²) in [5.41, 5.74) is 0.570. The highest BCUT2D eigenvalue weighted by Crippen LogP contribution is 2.31. The molecule has 0 aliphatic carbocycles. The fourth-order valence-corrected chi connectivity index (χ4v) is 2.68. The largest absolute Gasteiger partial charge is 0.457 e. The van der Waals surface area contributed by atoms with Crippen LogP contribution in [0.2, 0.25) is 0 Å². The molecule has 0 bridgehead atoms. The Balaban J connectivity index is 1.85. The minimum absolute atomic E-state index is 0.0108.